The van der Waals surface area contributed by atoms with E-state index in [1.165, 1.54) is 16.7 Å². The summed E-state index contributed by atoms with van der Waals surface area (Å²) in [5.41, 5.74) is 8.18. The zero-order chi connectivity index (χ0) is 14.1. The van der Waals surface area contributed by atoms with Crippen LogP contribution in [0, 0.1) is 0 Å². The first-order valence-corrected chi connectivity index (χ1v) is 6.75. The second-order valence-electron chi connectivity index (χ2n) is 7.06. The first kappa shape index (κ1) is 15.0. The molecule has 102 valence electrons. The molecule has 0 amide bonds. The average Bonchev–Trinajstić information content (AvgIpc) is 2.24. The Kier molecular flexibility index (Phi) is 4.12. The largest absolute Gasteiger partial charge is 0.324 e. The van der Waals surface area contributed by atoms with E-state index in [0.29, 0.717) is 0 Å². The minimum absolute atomic E-state index is 0.0902. The van der Waals surface area contributed by atoms with Crippen molar-refractivity contribution >= 4 is 5.69 Å². The fraction of sp³-hybridized carbons (Fsp3) is 0.625. The number of nitrogens with two attached hydrogens (primary N) is 1. The van der Waals surface area contributed by atoms with E-state index in [1.807, 2.05) is 0 Å². The number of nitrogen functional groups attached to an aromatic ring is 1. The van der Waals surface area contributed by atoms with Crippen molar-refractivity contribution in [3.05, 3.63) is 28.8 Å². The Morgan fingerprint density at radius 2 is 1.33 bits per heavy atom. The van der Waals surface area contributed by atoms with Crippen LogP contribution in [0.1, 0.15) is 65.2 Å². The van der Waals surface area contributed by atoms with Gasteiger partial charge in [-0.2, -0.15) is 0 Å². The number of hydrazine groups is 1. The van der Waals surface area contributed by atoms with Crippen molar-refractivity contribution in [2.45, 2.75) is 65.7 Å². The average molecular weight is 248 g/mol. The zero-order valence-corrected chi connectivity index (χ0v) is 12.9. The summed E-state index contributed by atoms with van der Waals surface area (Å²) in [5.74, 6) is 5.79. The SMILES string of the molecule is CCc1cc(C(C)(C)C)c(NN)c(C(C)(C)C)c1. The molecule has 3 N–H and O–H groups in total. The Hall–Kier alpha value is -1.02. The molecule has 0 atom stereocenters. The third-order valence-electron chi connectivity index (χ3n) is 3.37. The van der Waals surface area contributed by atoms with E-state index in [0.717, 1.165) is 12.1 Å². The van der Waals surface area contributed by atoms with Crippen molar-refractivity contribution in [2.75, 3.05) is 5.43 Å². The maximum atomic E-state index is 5.79. The number of anilines is 1. The molecule has 1 aromatic carbocycles. The van der Waals surface area contributed by atoms with Gasteiger partial charge >= 0.3 is 0 Å². The van der Waals surface area contributed by atoms with Crippen molar-refractivity contribution in [2.24, 2.45) is 5.84 Å². The van der Waals surface area contributed by atoms with Crippen LogP contribution in [0.3, 0.4) is 0 Å². The Labute approximate surface area is 112 Å². The van der Waals surface area contributed by atoms with Gasteiger partial charge in [-0.05, 0) is 33.9 Å². The van der Waals surface area contributed by atoms with E-state index in [9.17, 15) is 0 Å². The summed E-state index contributed by atoms with van der Waals surface area (Å²) in [6, 6.07) is 4.56. The van der Waals surface area contributed by atoms with Gasteiger partial charge in [0, 0.05) is 0 Å². The molecule has 0 heterocycles. The Bertz CT molecular complexity index is 385. The van der Waals surface area contributed by atoms with E-state index in [1.54, 1.807) is 0 Å². The predicted octanol–water partition coefficient (Wildman–Crippen LogP) is 4.13. The first-order valence-electron chi connectivity index (χ1n) is 6.75. The maximum absolute atomic E-state index is 5.79. The Morgan fingerprint density at radius 1 is 0.944 bits per heavy atom. The number of hydrogen-bond donors (Lipinski definition) is 2. The molecular formula is C16H28N2. The molecule has 0 bridgehead atoms. The first-order chi connectivity index (χ1) is 8.11. The minimum atomic E-state index is 0.0902. The number of aryl methyl sites for hydroxylation is 1. The van der Waals surface area contributed by atoms with Gasteiger partial charge in [0.1, 0.15) is 0 Å². The molecule has 0 radical (unpaired) electrons. The molecule has 18 heavy (non-hydrogen) atoms. The fourth-order valence-corrected chi connectivity index (χ4v) is 2.24. The topological polar surface area (TPSA) is 38.0 Å². The molecule has 0 spiro atoms. The summed E-state index contributed by atoms with van der Waals surface area (Å²) in [6.45, 7) is 15.6. The molecule has 1 aromatic rings. The normalized spacial score (nSPS) is 12.7. The van der Waals surface area contributed by atoms with Gasteiger partial charge in [-0.3, -0.25) is 5.84 Å². The summed E-state index contributed by atoms with van der Waals surface area (Å²) in [7, 11) is 0. The lowest BCUT2D eigenvalue weighted by molar-refractivity contribution is 0.570. The summed E-state index contributed by atoms with van der Waals surface area (Å²) < 4.78 is 0. The predicted molar refractivity (Wildman–Crippen MR) is 81.0 cm³/mol. The molecule has 0 aliphatic heterocycles. The summed E-state index contributed by atoms with van der Waals surface area (Å²) >= 11 is 0. The molecule has 0 unspecified atom stereocenters. The van der Waals surface area contributed by atoms with E-state index < -0.39 is 0 Å². The third-order valence-corrected chi connectivity index (χ3v) is 3.37. The van der Waals surface area contributed by atoms with Crippen molar-refractivity contribution in [1.29, 1.82) is 0 Å². The molecule has 1 rings (SSSR count). The van der Waals surface area contributed by atoms with Crippen LogP contribution in [0.4, 0.5) is 5.69 Å². The number of nitrogens with one attached hydrogen (secondary N) is 1. The van der Waals surface area contributed by atoms with Crippen LogP contribution in [0.25, 0.3) is 0 Å². The van der Waals surface area contributed by atoms with Gasteiger partial charge in [-0.1, -0.05) is 60.6 Å². The van der Waals surface area contributed by atoms with Crippen LogP contribution in [0.2, 0.25) is 0 Å². The third kappa shape index (κ3) is 3.05. The van der Waals surface area contributed by atoms with Crippen LogP contribution in [-0.4, -0.2) is 0 Å². The summed E-state index contributed by atoms with van der Waals surface area (Å²) in [5, 5.41) is 0. The number of hydrogen-bond acceptors (Lipinski definition) is 2. The second kappa shape index (κ2) is 4.93. The van der Waals surface area contributed by atoms with E-state index in [-0.39, 0.29) is 10.8 Å². The number of rotatable bonds is 2. The van der Waals surface area contributed by atoms with Crippen LogP contribution < -0.4 is 11.3 Å². The van der Waals surface area contributed by atoms with Crippen molar-refractivity contribution < 1.29 is 0 Å². The van der Waals surface area contributed by atoms with Gasteiger partial charge in [-0.25, -0.2) is 0 Å². The van der Waals surface area contributed by atoms with Crippen molar-refractivity contribution in [3.63, 3.8) is 0 Å². The molecular weight excluding hydrogens is 220 g/mol. The van der Waals surface area contributed by atoms with Crippen molar-refractivity contribution in [3.8, 4) is 0 Å². The lowest BCUT2D eigenvalue weighted by Crippen LogP contribution is -2.24. The van der Waals surface area contributed by atoms with Gasteiger partial charge in [0.2, 0.25) is 0 Å². The highest BCUT2D eigenvalue weighted by molar-refractivity contribution is 5.63. The lowest BCUT2D eigenvalue weighted by Gasteiger charge is -2.30. The Balaban J connectivity index is 3.61. The van der Waals surface area contributed by atoms with E-state index in [4.69, 9.17) is 5.84 Å². The molecule has 0 saturated heterocycles. The highest BCUT2D eigenvalue weighted by Crippen LogP contribution is 2.38. The zero-order valence-electron chi connectivity index (χ0n) is 12.9. The van der Waals surface area contributed by atoms with Crippen LogP contribution in [-0.2, 0) is 17.3 Å². The minimum Gasteiger partial charge on any atom is -0.324 e. The second-order valence-corrected chi connectivity index (χ2v) is 7.06. The lowest BCUT2D eigenvalue weighted by atomic mass is 9.77. The van der Waals surface area contributed by atoms with Crippen LogP contribution >= 0.6 is 0 Å². The van der Waals surface area contributed by atoms with Crippen LogP contribution in [0.5, 0.6) is 0 Å². The van der Waals surface area contributed by atoms with Gasteiger partial charge < -0.3 is 5.43 Å². The van der Waals surface area contributed by atoms with Gasteiger partial charge in [0.25, 0.3) is 0 Å². The monoisotopic (exact) mass is 248 g/mol. The van der Waals surface area contributed by atoms with Gasteiger partial charge in [0.05, 0.1) is 5.69 Å². The fourth-order valence-electron chi connectivity index (χ4n) is 2.24. The van der Waals surface area contributed by atoms with Crippen molar-refractivity contribution in [1.82, 2.24) is 0 Å². The summed E-state index contributed by atoms with van der Waals surface area (Å²) in [6.07, 6.45) is 1.05. The molecule has 0 saturated carbocycles. The highest BCUT2D eigenvalue weighted by Gasteiger charge is 2.25. The number of benzene rings is 1. The molecule has 2 nitrogen and oxygen atoms in total. The summed E-state index contributed by atoms with van der Waals surface area (Å²) in [4.78, 5) is 0. The van der Waals surface area contributed by atoms with E-state index >= 15 is 0 Å². The Morgan fingerprint density at radius 3 is 1.56 bits per heavy atom. The van der Waals surface area contributed by atoms with Gasteiger partial charge in [0.15, 0.2) is 0 Å². The maximum Gasteiger partial charge on any atom is 0.0559 e. The molecule has 2 heteroatoms. The van der Waals surface area contributed by atoms with Crippen LogP contribution in [0.15, 0.2) is 12.1 Å². The molecule has 0 aliphatic carbocycles. The molecule has 0 aliphatic rings. The van der Waals surface area contributed by atoms with E-state index in [2.05, 4.69) is 66.0 Å². The molecule has 0 fully saturated rings. The highest BCUT2D eigenvalue weighted by atomic mass is 15.2. The standard InChI is InChI=1S/C16H28N2/c1-8-11-9-12(15(2,3)4)14(18-17)13(10-11)16(5,6)7/h9-10,18H,8,17H2,1-7H3. The quantitative estimate of drug-likeness (QED) is 0.610. The smallest absolute Gasteiger partial charge is 0.0559 e. The molecule has 0 aromatic heterocycles. The van der Waals surface area contributed by atoms with Gasteiger partial charge in [-0.15, -0.1) is 0 Å².